The zero-order chi connectivity index (χ0) is 37.5. The number of nitrogens with zero attached hydrogens (tertiary/aromatic N) is 10. The number of hydrogen-bond acceptors (Lipinski definition) is 5. The van der Waals surface area contributed by atoms with Gasteiger partial charge in [-0.15, -0.1) is 5.10 Å². The van der Waals surface area contributed by atoms with Crippen LogP contribution < -0.4 is 4.57 Å². The third kappa shape index (κ3) is 17.4. The molecule has 274 valence electrons. The monoisotopic (exact) mass is 679 g/mol. The van der Waals surface area contributed by atoms with Gasteiger partial charge in [0.05, 0.1) is 36.1 Å². The van der Waals surface area contributed by atoms with E-state index in [-0.39, 0.29) is 16.6 Å². The molecule has 0 radical (unpaired) electrons. The molecule has 11 heteroatoms. The number of imidazole rings is 3. The maximum absolute atomic E-state index is 6.65. The summed E-state index contributed by atoms with van der Waals surface area (Å²) in [6, 6.07) is 0.464. The van der Waals surface area contributed by atoms with E-state index in [4.69, 9.17) is 6.57 Å². The summed E-state index contributed by atoms with van der Waals surface area (Å²) in [6.45, 7) is 42.0. The fourth-order valence-electron chi connectivity index (χ4n) is 4.46. The molecule has 4 aromatic heterocycles. The zero-order valence-corrected chi connectivity index (χ0v) is 33.5. The Morgan fingerprint density at radius 1 is 0.816 bits per heavy atom. The van der Waals surface area contributed by atoms with Gasteiger partial charge in [0.2, 0.25) is 12.0 Å². The standard InChI is InChI=1S/C9H19N.C8H11N3.C8H14N2.C7H12N2.C6H11N3/c1-9(2,3)10-7-5-4-6-8-10;1-7(2)11-5-8(4-9-3)10-6-11;1-7-5-10(6-9-7)8(2,3)4;1-7(2,3)9-5-4-8-6-9;1-6(2,3)9-5-4-7-8-9/h4-8H2,1-3H3;5-7H,4H2,1-2H3;5-6H,1-4H3;4-6H,1-3H3;4-5H,1-3H3/p+1. The van der Waals surface area contributed by atoms with Crippen molar-refractivity contribution in [3.8, 4) is 0 Å². The Balaban J connectivity index is 0.000000307. The Hall–Kier alpha value is -3.78. The summed E-state index contributed by atoms with van der Waals surface area (Å²) in [7, 11) is 0. The molecule has 5 heterocycles. The van der Waals surface area contributed by atoms with Gasteiger partial charge in [-0.2, -0.15) is 0 Å². The number of likely N-dealkylation sites (tertiary alicyclic amines) is 1. The molecule has 0 bridgehead atoms. The molecule has 0 aliphatic carbocycles. The molecule has 1 saturated heterocycles. The third-order valence-electron chi connectivity index (χ3n) is 7.73. The highest BCUT2D eigenvalue weighted by atomic mass is 15.4. The van der Waals surface area contributed by atoms with Crippen LogP contribution in [0.3, 0.4) is 0 Å². The molecule has 1 aliphatic heterocycles. The molecule has 1 fully saturated rings. The van der Waals surface area contributed by atoms with Crippen LogP contribution in [-0.4, -0.2) is 62.6 Å². The zero-order valence-electron chi connectivity index (χ0n) is 33.5. The van der Waals surface area contributed by atoms with E-state index in [2.05, 4.69) is 152 Å². The molecular weight excluding hydrogens is 610 g/mol. The van der Waals surface area contributed by atoms with Crippen molar-refractivity contribution in [1.82, 2.24) is 44.0 Å². The third-order valence-corrected chi connectivity index (χ3v) is 7.73. The Morgan fingerprint density at radius 3 is 1.71 bits per heavy atom. The lowest BCUT2D eigenvalue weighted by Crippen LogP contribution is -2.44. The molecule has 49 heavy (non-hydrogen) atoms. The summed E-state index contributed by atoms with van der Waals surface area (Å²) in [5.74, 6) is 0. The van der Waals surface area contributed by atoms with Gasteiger partial charge < -0.3 is 14.0 Å². The van der Waals surface area contributed by atoms with E-state index in [0.717, 1.165) is 11.4 Å². The van der Waals surface area contributed by atoms with Gasteiger partial charge >= 0.3 is 0 Å². The van der Waals surface area contributed by atoms with Crippen molar-refractivity contribution in [3.63, 3.8) is 0 Å². The first-order valence-corrected chi connectivity index (χ1v) is 17.6. The molecule has 5 rings (SSSR count). The molecular formula is C38H68N11+. The van der Waals surface area contributed by atoms with Crippen molar-refractivity contribution in [2.75, 3.05) is 13.1 Å². The highest BCUT2D eigenvalue weighted by Crippen LogP contribution is 2.19. The van der Waals surface area contributed by atoms with Crippen LogP contribution in [0.15, 0.2) is 56.2 Å². The van der Waals surface area contributed by atoms with E-state index in [1.54, 1.807) is 12.4 Å². The quantitative estimate of drug-likeness (QED) is 0.171. The predicted molar refractivity (Wildman–Crippen MR) is 201 cm³/mol. The van der Waals surface area contributed by atoms with Crippen molar-refractivity contribution in [3.05, 3.63) is 79.0 Å². The number of H-pyrrole nitrogens is 1. The van der Waals surface area contributed by atoms with Gasteiger partial charge in [0.1, 0.15) is 6.20 Å². The van der Waals surface area contributed by atoms with Crippen LogP contribution in [-0.2, 0) is 23.2 Å². The first kappa shape index (κ1) is 43.2. The number of aryl methyl sites for hydroxylation is 1. The molecule has 1 aliphatic rings. The van der Waals surface area contributed by atoms with E-state index in [1.807, 2.05) is 49.2 Å². The van der Waals surface area contributed by atoms with Gasteiger partial charge in [0.25, 0.3) is 6.54 Å². The van der Waals surface area contributed by atoms with Gasteiger partial charge in [-0.05, 0) is 130 Å². The summed E-state index contributed by atoms with van der Waals surface area (Å²) in [5, 5.41) is 7.56. The normalized spacial score (nSPS) is 13.8. The van der Waals surface area contributed by atoms with E-state index in [0.29, 0.717) is 18.1 Å². The maximum atomic E-state index is 6.65. The topological polar surface area (TPSA) is 93.6 Å². The number of aromatic amines is 1. The lowest BCUT2D eigenvalue weighted by Gasteiger charge is -2.38. The number of rotatable bonds is 2. The number of piperidine rings is 1. The minimum absolute atomic E-state index is 0.0660. The Bertz CT molecular complexity index is 1390. The molecule has 0 atom stereocenters. The lowest BCUT2D eigenvalue weighted by molar-refractivity contribution is -0.715. The maximum Gasteiger partial charge on any atom is 0.278 e. The highest BCUT2D eigenvalue weighted by Gasteiger charge is 2.22. The van der Waals surface area contributed by atoms with Crippen molar-refractivity contribution in [2.24, 2.45) is 0 Å². The largest absolute Gasteiger partial charge is 0.332 e. The molecule has 1 N–H and O–H groups in total. The molecule has 0 saturated carbocycles. The van der Waals surface area contributed by atoms with Crippen molar-refractivity contribution >= 4 is 0 Å². The molecule has 0 aromatic carbocycles. The van der Waals surface area contributed by atoms with Crippen molar-refractivity contribution in [1.29, 1.82) is 0 Å². The van der Waals surface area contributed by atoms with Gasteiger partial charge in [-0.3, -0.25) is 4.90 Å². The van der Waals surface area contributed by atoms with E-state index >= 15 is 0 Å². The Morgan fingerprint density at radius 2 is 1.43 bits per heavy atom. The van der Waals surface area contributed by atoms with Crippen molar-refractivity contribution in [2.45, 2.75) is 158 Å². The second-order valence-corrected chi connectivity index (χ2v) is 16.8. The second-order valence-electron chi connectivity index (χ2n) is 16.8. The Kier molecular flexibility index (Phi) is 17.1. The average Bonchev–Trinajstić information content (AvgIpc) is 3.81. The fourth-order valence-corrected chi connectivity index (χ4v) is 4.46. The Labute approximate surface area is 298 Å². The van der Waals surface area contributed by atoms with Crippen LogP contribution >= 0.6 is 0 Å². The summed E-state index contributed by atoms with van der Waals surface area (Å²) in [5.41, 5.74) is 2.87. The van der Waals surface area contributed by atoms with Gasteiger partial charge in [-0.1, -0.05) is 11.6 Å². The first-order chi connectivity index (χ1) is 22.6. The summed E-state index contributed by atoms with van der Waals surface area (Å²) < 4.78 is 8.07. The molecule has 0 unspecified atom stereocenters. The minimum atomic E-state index is 0.0660. The van der Waals surface area contributed by atoms with Crippen LogP contribution in [0.5, 0.6) is 0 Å². The van der Waals surface area contributed by atoms with Crippen LogP contribution in [0, 0.1) is 13.5 Å². The van der Waals surface area contributed by atoms with Crippen LogP contribution in [0.4, 0.5) is 0 Å². The van der Waals surface area contributed by atoms with Crippen LogP contribution in [0.25, 0.3) is 4.85 Å². The predicted octanol–water partition coefficient (Wildman–Crippen LogP) is 8.19. The minimum Gasteiger partial charge on any atom is -0.332 e. The average molecular weight is 679 g/mol. The summed E-state index contributed by atoms with van der Waals surface area (Å²) >= 11 is 0. The van der Waals surface area contributed by atoms with Crippen LogP contribution in [0.2, 0.25) is 0 Å². The molecule has 0 amide bonds. The van der Waals surface area contributed by atoms with E-state index in [9.17, 15) is 0 Å². The number of aromatic nitrogens is 9. The first-order valence-electron chi connectivity index (χ1n) is 17.6. The summed E-state index contributed by atoms with van der Waals surface area (Å²) in [6.07, 6.45) is 21.2. The van der Waals surface area contributed by atoms with Crippen LogP contribution in [0.1, 0.15) is 134 Å². The van der Waals surface area contributed by atoms with E-state index < -0.39 is 0 Å². The lowest BCUT2D eigenvalue weighted by atomic mass is 10.0. The number of hydrogen-bond donors (Lipinski definition) is 1. The van der Waals surface area contributed by atoms with E-state index in [1.165, 1.54) is 32.4 Å². The highest BCUT2D eigenvalue weighted by molar-refractivity contribution is 4.96. The molecule has 4 aromatic rings. The SMILES string of the molecule is CC(C)(C)N1CCCCC1.CC(C)(C)n1ccnc1.CC(C)(C)n1ccnn1.Cc1cn(C(C)(C)C)cn1.[C-]#[N+]Cc1c[n+](C(C)C)c[nH]1. The molecule has 0 spiro atoms. The summed E-state index contributed by atoms with van der Waals surface area (Å²) in [4.78, 5) is 17.0. The smallest absolute Gasteiger partial charge is 0.278 e. The number of nitrogens with one attached hydrogen (secondary N) is 1. The second kappa shape index (κ2) is 19.4. The van der Waals surface area contributed by atoms with Gasteiger partial charge in [-0.25, -0.2) is 30.8 Å². The van der Waals surface area contributed by atoms with Gasteiger partial charge in [0.15, 0.2) is 0 Å². The van der Waals surface area contributed by atoms with Gasteiger partial charge in [0, 0.05) is 41.4 Å². The molecule has 11 nitrogen and oxygen atoms in total. The fraction of sp³-hybridized carbons (Fsp3) is 0.684. The van der Waals surface area contributed by atoms with Crippen molar-refractivity contribution < 1.29 is 4.57 Å².